The minimum absolute atomic E-state index is 0.621. The van der Waals surface area contributed by atoms with Gasteiger partial charge in [0, 0.05) is 11.6 Å². The summed E-state index contributed by atoms with van der Waals surface area (Å²) in [5.41, 5.74) is 2.81. The molecule has 2 aliphatic rings. The fourth-order valence-corrected chi connectivity index (χ4v) is 2.05. The lowest BCUT2D eigenvalue weighted by Crippen LogP contribution is -2.03. The van der Waals surface area contributed by atoms with Crippen molar-refractivity contribution in [3.63, 3.8) is 0 Å². The van der Waals surface area contributed by atoms with E-state index in [1.807, 2.05) is 0 Å². The molecule has 0 bridgehead atoms. The fraction of sp³-hybridized carbons (Fsp3) is 0.750. The number of rotatable bonds is 3. The Morgan fingerprint density at radius 2 is 2.00 bits per heavy atom. The maximum Gasteiger partial charge on any atom is 0.0658 e. The van der Waals surface area contributed by atoms with Gasteiger partial charge in [-0.05, 0) is 37.7 Å². The van der Waals surface area contributed by atoms with Gasteiger partial charge in [0.1, 0.15) is 0 Å². The maximum absolute atomic E-state index is 4.77. The first kappa shape index (κ1) is 8.51. The topological polar surface area (TPSA) is 17.8 Å². The van der Waals surface area contributed by atoms with Crippen molar-refractivity contribution in [3.05, 3.63) is 17.5 Å². The highest BCUT2D eigenvalue weighted by Gasteiger charge is 2.32. The van der Waals surface area contributed by atoms with Crippen LogP contribution in [0.2, 0.25) is 0 Å². The van der Waals surface area contributed by atoms with Crippen LogP contribution in [0, 0.1) is 0 Å². The van der Waals surface area contributed by atoms with Gasteiger partial charge in [0.25, 0.3) is 0 Å². The molecule has 0 N–H and O–H groups in total. The van der Waals surface area contributed by atoms with Crippen molar-refractivity contribution in [2.24, 2.45) is 0 Å². The van der Waals surface area contributed by atoms with Crippen LogP contribution in [0.4, 0.5) is 0 Å². The van der Waals surface area contributed by atoms with Crippen LogP contribution in [-0.4, -0.2) is 9.78 Å². The van der Waals surface area contributed by atoms with Gasteiger partial charge in [-0.3, -0.25) is 4.68 Å². The molecular weight excluding hydrogens is 172 g/mol. The summed E-state index contributed by atoms with van der Waals surface area (Å²) in [7, 11) is 0. The smallest absolute Gasteiger partial charge is 0.0658 e. The Balaban J connectivity index is 1.97. The zero-order valence-electron chi connectivity index (χ0n) is 9.03. The van der Waals surface area contributed by atoms with Gasteiger partial charge in [0.15, 0.2) is 0 Å². The van der Waals surface area contributed by atoms with Gasteiger partial charge in [-0.25, -0.2) is 0 Å². The zero-order valence-corrected chi connectivity index (χ0v) is 9.03. The quantitative estimate of drug-likeness (QED) is 0.715. The molecule has 0 saturated heterocycles. The molecule has 2 aliphatic carbocycles. The molecule has 0 amide bonds. The number of hydrogen-bond acceptors (Lipinski definition) is 1. The predicted molar refractivity (Wildman–Crippen MR) is 56.6 cm³/mol. The Morgan fingerprint density at radius 1 is 1.29 bits per heavy atom. The van der Waals surface area contributed by atoms with Crippen LogP contribution >= 0.6 is 0 Å². The number of hydrogen-bond donors (Lipinski definition) is 0. The molecule has 1 aromatic rings. The first-order valence-electron chi connectivity index (χ1n) is 5.85. The Kier molecular flexibility index (Phi) is 1.73. The van der Waals surface area contributed by atoms with E-state index in [4.69, 9.17) is 5.10 Å². The molecule has 1 aromatic heterocycles. The molecule has 2 heteroatoms. The molecule has 0 radical (unpaired) electrons. The summed E-state index contributed by atoms with van der Waals surface area (Å²) >= 11 is 0. The van der Waals surface area contributed by atoms with E-state index in [9.17, 15) is 0 Å². The third-order valence-corrected chi connectivity index (χ3v) is 3.26. The molecule has 0 atom stereocenters. The first-order valence-corrected chi connectivity index (χ1v) is 5.85. The van der Waals surface area contributed by atoms with Crippen molar-refractivity contribution in [2.45, 2.75) is 57.4 Å². The Hall–Kier alpha value is -0.790. The van der Waals surface area contributed by atoms with Gasteiger partial charge >= 0.3 is 0 Å². The van der Waals surface area contributed by atoms with Crippen LogP contribution in [0.15, 0.2) is 6.07 Å². The van der Waals surface area contributed by atoms with Crippen LogP contribution in [0.25, 0.3) is 0 Å². The average Bonchev–Trinajstić information content (AvgIpc) is 3.03. The molecule has 2 nitrogen and oxygen atoms in total. The maximum atomic E-state index is 4.77. The molecule has 0 unspecified atom stereocenters. The van der Waals surface area contributed by atoms with Gasteiger partial charge in [-0.15, -0.1) is 0 Å². The summed E-state index contributed by atoms with van der Waals surface area (Å²) in [6.45, 7) is 4.54. The zero-order chi connectivity index (χ0) is 9.71. The van der Waals surface area contributed by atoms with Crippen molar-refractivity contribution < 1.29 is 0 Å². The lowest BCUT2D eigenvalue weighted by atomic mass is 10.1. The first-order chi connectivity index (χ1) is 6.75. The highest BCUT2D eigenvalue weighted by atomic mass is 15.3. The van der Waals surface area contributed by atoms with Gasteiger partial charge in [0.2, 0.25) is 0 Å². The summed E-state index contributed by atoms with van der Waals surface area (Å²) in [4.78, 5) is 0. The normalized spacial score (nSPS) is 21.9. The van der Waals surface area contributed by atoms with E-state index in [1.54, 1.807) is 0 Å². The summed E-state index contributed by atoms with van der Waals surface area (Å²) in [5, 5.41) is 4.77. The van der Waals surface area contributed by atoms with Gasteiger partial charge < -0.3 is 0 Å². The molecule has 1 heterocycles. The largest absolute Gasteiger partial charge is 0.266 e. The lowest BCUT2D eigenvalue weighted by molar-refractivity contribution is 0.578. The van der Waals surface area contributed by atoms with Crippen LogP contribution in [-0.2, 0) is 0 Å². The van der Waals surface area contributed by atoms with E-state index in [1.165, 1.54) is 37.1 Å². The van der Waals surface area contributed by atoms with Crippen molar-refractivity contribution >= 4 is 0 Å². The minimum Gasteiger partial charge on any atom is -0.266 e. The summed E-state index contributed by atoms with van der Waals surface area (Å²) in [6.07, 6.45) is 5.40. The number of aromatic nitrogens is 2. The summed E-state index contributed by atoms with van der Waals surface area (Å²) in [6, 6.07) is 3.08. The third-order valence-electron chi connectivity index (χ3n) is 3.26. The Morgan fingerprint density at radius 3 is 2.50 bits per heavy atom. The van der Waals surface area contributed by atoms with Gasteiger partial charge in [-0.1, -0.05) is 13.8 Å². The van der Waals surface area contributed by atoms with Crippen molar-refractivity contribution in [1.29, 1.82) is 0 Å². The van der Waals surface area contributed by atoms with Crippen molar-refractivity contribution in [3.8, 4) is 0 Å². The van der Waals surface area contributed by atoms with Gasteiger partial charge in [-0.2, -0.15) is 5.10 Å². The predicted octanol–water partition coefficient (Wildman–Crippen LogP) is 3.22. The van der Waals surface area contributed by atoms with E-state index in [2.05, 4.69) is 24.6 Å². The molecule has 2 fully saturated rings. The van der Waals surface area contributed by atoms with Crippen LogP contribution in [0.1, 0.15) is 68.8 Å². The molecular formula is C12H18N2. The highest BCUT2D eigenvalue weighted by molar-refractivity contribution is 5.21. The monoisotopic (exact) mass is 190 g/mol. The van der Waals surface area contributed by atoms with E-state index < -0.39 is 0 Å². The second-order valence-electron chi connectivity index (χ2n) is 5.10. The van der Waals surface area contributed by atoms with Gasteiger partial charge in [0.05, 0.1) is 11.7 Å². The van der Waals surface area contributed by atoms with Crippen LogP contribution < -0.4 is 0 Å². The second kappa shape index (κ2) is 2.85. The molecule has 0 spiro atoms. The van der Waals surface area contributed by atoms with Crippen LogP contribution in [0.3, 0.4) is 0 Å². The molecule has 0 aromatic carbocycles. The lowest BCUT2D eigenvalue weighted by Gasteiger charge is -2.07. The van der Waals surface area contributed by atoms with Crippen LogP contribution in [0.5, 0.6) is 0 Å². The molecule has 76 valence electrons. The van der Waals surface area contributed by atoms with Crippen molar-refractivity contribution in [2.75, 3.05) is 0 Å². The summed E-state index contributed by atoms with van der Waals surface area (Å²) in [5.74, 6) is 1.42. The standard InChI is InChI=1S/C12H18N2/c1-8(2)12-7-11(9-3-4-9)13-14(12)10-5-6-10/h7-10H,3-6H2,1-2H3. The molecule has 3 rings (SSSR count). The molecule has 14 heavy (non-hydrogen) atoms. The number of nitrogens with zero attached hydrogens (tertiary/aromatic N) is 2. The SMILES string of the molecule is CC(C)c1cc(C2CC2)nn1C1CC1. The minimum atomic E-state index is 0.621. The molecule has 2 saturated carbocycles. The van der Waals surface area contributed by atoms with E-state index in [-0.39, 0.29) is 0 Å². The Bertz CT molecular complexity index is 324. The van der Waals surface area contributed by atoms with E-state index in [0.29, 0.717) is 5.92 Å². The van der Waals surface area contributed by atoms with E-state index >= 15 is 0 Å². The third kappa shape index (κ3) is 1.37. The summed E-state index contributed by atoms with van der Waals surface area (Å²) < 4.78 is 2.30. The van der Waals surface area contributed by atoms with E-state index in [0.717, 1.165) is 12.0 Å². The Labute approximate surface area is 85.3 Å². The fourth-order valence-electron chi connectivity index (χ4n) is 2.05. The second-order valence-corrected chi connectivity index (χ2v) is 5.10. The average molecular weight is 190 g/mol. The van der Waals surface area contributed by atoms with Crippen molar-refractivity contribution in [1.82, 2.24) is 9.78 Å². The molecule has 0 aliphatic heterocycles. The highest BCUT2D eigenvalue weighted by Crippen LogP contribution is 2.43.